The maximum atomic E-state index is 12.4. The fourth-order valence-corrected chi connectivity index (χ4v) is 3.50. The van der Waals surface area contributed by atoms with E-state index in [9.17, 15) is 9.59 Å². The summed E-state index contributed by atoms with van der Waals surface area (Å²) in [6.07, 6.45) is 2.06. The van der Waals surface area contributed by atoms with Crippen molar-refractivity contribution < 1.29 is 14.3 Å². The Kier molecular flexibility index (Phi) is 7.02. The van der Waals surface area contributed by atoms with Crippen LogP contribution in [0.4, 0.5) is 0 Å². The summed E-state index contributed by atoms with van der Waals surface area (Å²) in [5, 5.41) is 11.4. The third kappa shape index (κ3) is 5.68. The predicted octanol–water partition coefficient (Wildman–Crippen LogP) is 2.68. The lowest BCUT2D eigenvalue weighted by atomic mass is 10.0. The van der Waals surface area contributed by atoms with Gasteiger partial charge in [-0.15, -0.1) is 10.2 Å². The monoisotopic (exact) mass is 410 g/mol. The van der Waals surface area contributed by atoms with Gasteiger partial charge in [0.2, 0.25) is 5.91 Å². The summed E-state index contributed by atoms with van der Waals surface area (Å²) in [5.74, 6) is 0.584. The number of rotatable bonds is 9. The average molecular weight is 410 g/mol. The molecule has 1 amide bonds. The fourth-order valence-electron chi connectivity index (χ4n) is 2.76. The fraction of sp³-hybridized carbons (Fsp3) is 0.238. The lowest BCUT2D eigenvalue weighted by molar-refractivity contribution is -0.125. The topological polar surface area (TPSA) is 86.1 Å². The van der Waals surface area contributed by atoms with Gasteiger partial charge in [-0.25, -0.2) is 0 Å². The smallest absolute Gasteiger partial charge is 0.231 e. The summed E-state index contributed by atoms with van der Waals surface area (Å²) in [7, 11) is 1.61. The van der Waals surface area contributed by atoms with E-state index in [2.05, 4.69) is 15.5 Å². The molecule has 1 heterocycles. The van der Waals surface area contributed by atoms with E-state index in [4.69, 9.17) is 4.74 Å². The van der Waals surface area contributed by atoms with Crippen LogP contribution in [0.5, 0.6) is 5.75 Å². The Morgan fingerprint density at radius 2 is 1.86 bits per heavy atom. The van der Waals surface area contributed by atoms with Crippen LogP contribution in [-0.2, 0) is 16.0 Å². The number of methoxy groups -OCH3 is 1. The highest BCUT2D eigenvalue weighted by molar-refractivity contribution is 7.99. The molecule has 0 fully saturated rings. The van der Waals surface area contributed by atoms with Crippen LogP contribution in [0.25, 0.3) is 5.69 Å². The van der Waals surface area contributed by atoms with Crippen LogP contribution in [0, 0.1) is 0 Å². The third-order valence-corrected chi connectivity index (χ3v) is 5.25. The summed E-state index contributed by atoms with van der Waals surface area (Å²) in [4.78, 5) is 24.4. The second-order valence-electron chi connectivity index (χ2n) is 6.39. The van der Waals surface area contributed by atoms with Crippen molar-refractivity contribution in [3.63, 3.8) is 0 Å². The zero-order chi connectivity index (χ0) is 20.6. The van der Waals surface area contributed by atoms with E-state index in [1.54, 1.807) is 18.0 Å². The maximum absolute atomic E-state index is 12.4. The molecule has 0 bridgehead atoms. The number of nitrogens with zero attached hydrogens (tertiary/aromatic N) is 3. The molecule has 3 aromatic rings. The van der Waals surface area contributed by atoms with Gasteiger partial charge in [0, 0.05) is 5.69 Å². The summed E-state index contributed by atoms with van der Waals surface area (Å²) in [6, 6.07) is 16.5. The van der Waals surface area contributed by atoms with Crippen LogP contribution in [0.15, 0.2) is 66.1 Å². The highest BCUT2D eigenvalue weighted by Crippen LogP contribution is 2.21. The van der Waals surface area contributed by atoms with Gasteiger partial charge in [0.05, 0.1) is 18.9 Å². The molecule has 0 saturated heterocycles. The van der Waals surface area contributed by atoms with Crippen molar-refractivity contribution in [1.82, 2.24) is 20.1 Å². The number of hydrogen-bond acceptors (Lipinski definition) is 6. The van der Waals surface area contributed by atoms with Gasteiger partial charge in [0.15, 0.2) is 10.9 Å². The number of ketones is 1. The van der Waals surface area contributed by atoms with Crippen molar-refractivity contribution in [1.29, 1.82) is 0 Å². The molecular weight excluding hydrogens is 388 g/mol. The highest BCUT2D eigenvalue weighted by atomic mass is 32.2. The minimum atomic E-state index is -0.551. The molecule has 29 heavy (non-hydrogen) atoms. The first-order chi connectivity index (χ1) is 14.1. The first kappa shape index (κ1) is 20.6. The van der Waals surface area contributed by atoms with Crippen LogP contribution in [0.1, 0.15) is 12.5 Å². The molecule has 0 spiro atoms. The van der Waals surface area contributed by atoms with Gasteiger partial charge in [0.25, 0.3) is 0 Å². The SMILES string of the molecule is COc1ccc(-n2cnnc2SCC(=O)N[C@H](Cc2ccccc2)C(C)=O)cc1. The lowest BCUT2D eigenvalue weighted by Gasteiger charge is -2.16. The molecule has 1 atom stereocenters. The number of carbonyl (C=O) groups excluding carboxylic acids is 2. The Morgan fingerprint density at radius 1 is 1.14 bits per heavy atom. The molecule has 8 heteroatoms. The van der Waals surface area contributed by atoms with E-state index >= 15 is 0 Å². The summed E-state index contributed by atoms with van der Waals surface area (Å²) in [5.41, 5.74) is 1.87. The first-order valence-electron chi connectivity index (χ1n) is 9.08. The summed E-state index contributed by atoms with van der Waals surface area (Å²) < 4.78 is 6.96. The summed E-state index contributed by atoms with van der Waals surface area (Å²) in [6.45, 7) is 1.49. The number of amides is 1. The predicted molar refractivity (Wildman–Crippen MR) is 111 cm³/mol. The number of aromatic nitrogens is 3. The van der Waals surface area contributed by atoms with Gasteiger partial charge in [-0.2, -0.15) is 0 Å². The number of hydrogen-bond donors (Lipinski definition) is 1. The van der Waals surface area contributed by atoms with E-state index in [0.717, 1.165) is 17.0 Å². The van der Waals surface area contributed by atoms with E-state index in [1.807, 2.05) is 54.6 Å². The van der Waals surface area contributed by atoms with E-state index < -0.39 is 6.04 Å². The molecule has 0 aliphatic rings. The standard InChI is InChI=1S/C21H22N4O3S/c1-15(26)19(12-16-6-4-3-5-7-16)23-20(27)13-29-21-24-22-14-25(21)17-8-10-18(28-2)11-9-17/h3-11,14,19H,12-13H2,1-2H3,(H,23,27)/t19-/m1/s1. The number of benzene rings is 2. The van der Waals surface area contributed by atoms with E-state index in [0.29, 0.717) is 11.6 Å². The summed E-state index contributed by atoms with van der Waals surface area (Å²) >= 11 is 1.26. The minimum Gasteiger partial charge on any atom is -0.497 e. The van der Waals surface area contributed by atoms with Gasteiger partial charge in [0.1, 0.15) is 12.1 Å². The van der Waals surface area contributed by atoms with Crippen molar-refractivity contribution >= 4 is 23.5 Å². The van der Waals surface area contributed by atoms with Crippen LogP contribution >= 0.6 is 11.8 Å². The van der Waals surface area contributed by atoms with Gasteiger partial charge in [-0.1, -0.05) is 42.1 Å². The molecule has 2 aromatic carbocycles. The molecule has 0 aliphatic carbocycles. The second kappa shape index (κ2) is 9.88. The number of ether oxygens (including phenoxy) is 1. The lowest BCUT2D eigenvalue weighted by Crippen LogP contribution is -2.42. The quantitative estimate of drug-likeness (QED) is 0.546. The Morgan fingerprint density at radius 3 is 2.52 bits per heavy atom. The number of Topliss-reactive ketones (excluding diaryl/α,β-unsaturated/α-hetero) is 1. The average Bonchev–Trinajstić information content (AvgIpc) is 3.21. The van der Waals surface area contributed by atoms with Crippen LogP contribution in [0.2, 0.25) is 0 Å². The number of nitrogens with one attached hydrogen (secondary N) is 1. The Hall–Kier alpha value is -3.13. The van der Waals surface area contributed by atoms with Gasteiger partial charge < -0.3 is 10.1 Å². The molecule has 1 aromatic heterocycles. The van der Waals surface area contributed by atoms with Crippen LogP contribution in [0.3, 0.4) is 0 Å². The first-order valence-corrected chi connectivity index (χ1v) is 10.1. The van der Waals surface area contributed by atoms with Gasteiger partial charge in [-0.3, -0.25) is 14.2 Å². The molecule has 150 valence electrons. The van der Waals surface area contributed by atoms with E-state index in [-0.39, 0.29) is 17.4 Å². The molecule has 1 N–H and O–H groups in total. The molecule has 0 radical (unpaired) electrons. The minimum absolute atomic E-state index is 0.0754. The Balaban J connectivity index is 1.60. The zero-order valence-electron chi connectivity index (χ0n) is 16.2. The molecule has 3 rings (SSSR count). The van der Waals surface area contributed by atoms with Crippen LogP contribution < -0.4 is 10.1 Å². The second-order valence-corrected chi connectivity index (χ2v) is 7.33. The van der Waals surface area contributed by atoms with Crippen molar-refractivity contribution in [2.24, 2.45) is 0 Å². The number of carbonyl (C=O) groups is 2. The van der Waals surface area contributed by atoms with Crippen molar-refractivity contribution in [2.45, 2.75) is 24.5 Å². The normalized spacial score (nSPS) is 11.7. The Bertz CT molecular complexity index is 958. The molecular formula is C21H22N4O3S. The third-order valence-electron chi connectivity index (χ3n) is 4.31. The van der Waals surface area contributed by atoms with Crippen molar-refractivity contribution in [3.05, 3.63) is 66.5 Å². The van der Waals surface area contributed by atoms with Gasteiger partial charge >= 0.3 is 0 Å². The molecule has 7 nitrogen and oxygen atoms in total. The van der Waals surface area contributed by atoms with Crippen molar-refractivity contribution in [2.75, 3.05) is 12.9 Å². The largest absolute Gasteiger partial charge is 0.497 e. The molecule has 0 aliphatic heterocycles. The van der Waals surface area contributed by atoms with E-state index in [1.165, 1.54) is 18.7 Å². The number of thioether (sulfide) groups is 1. The van der Waals surface area contributed by atoms with Crippen molar-refractivity contribution in [3.8, 4) is 11.4 Å². The van der Waals surface area contributed by atoms with Gasteiger partial charge in [-0.05, 0) is 43.2 Å². The van der Waals surface area contributed by atoms with Crippen LogP contribution in [-0.4, -0.2) is 45.4 Å². The Labute approximate surface area is 173 Å². The molecule has 0 unspecified atom stereocenters. The maximum Gasteiger partial charge on any atom is 0.231 e. The zero-order valence-corrected chi connectivity index (χ0v) is 17.1. The molecule has 0 saturated carbocycles. The highest BCUT2D eigenvalue weighted by Gasteiger charge is 2.18.